The van der Waals surface area contributed by atoms with E-state index in [1.165, 1.54) is 33.1 Å². The average molecular weight is 351 g/mol. The fraction of sp³-hybridized carbons (Fsp3) is 0.333. The zero-order valence-electron chi connectivity index (χ0n) is 12.9. The van der Waals surface area contributed by atoms with Crippen molar-refractivity contribution in [2.24, 2.45) is 11.8 Å². The van der Waals surface area contributed by atoms with Crippen LogP contribution in [0.1, 0.15) is 40.5 Å². The number of fused-ring (bicyclic) bond motifs is 10. The van der Waals surface area contributed by atoms with Crippen LogP contribution in [0.3, 0.4) is 0 Å². The molecule has 110 valence electrons. The highest BCUT2D eigenvalue weighted by molar-refractivity contribution is 9.10. The molecule has 1 saturated carbocycles. The van der Waals surface area contributed by atoms with Crippen LogP contribution in [0.4, 0.5) is 0 Å². The fourth-order valence-electron chi connectivity index (χ4n) is 5.07. The molecule has 2 aromatic carbocycles. The minimum absolute atomic E-state index is 0.688. The van der Waals surface area contributed by atoms with Gasteiger partial charge in [0.15, 0.2) is 0 Å². The van der Waals surface area contributed by atoms with E-state index in [9.17, 15) is 0 Å². The van der Waals surface area contributed by atoms with Gasteiger partial charge in [-0.15, -0.1) is 0 Å². The predicted octanol–water partition coefficient (Wildman–Crippen LogP) is 6.12. The molecule has 22 heavy (non-hydrogen) atoms. The number of halogens is 1. The Kier molecular flexibility index (Phi) is 2.60. The molecule has 0 N–H and O–H groups in total. The van der Waals surface area contributed by atoms with Crippen LogP contribution in [0.2, 0.25) is 0 Å². The normalized spacial score (nSPS) is 30.1. The Morgan fingerprint density at radius 1 is 0.818 bits per heavy atom. The Morgan fingerprint density at radius 3 is 2.23 bits per heavy atom. The number of aryl methyl sites for hydroxylation is 2. The van der Waals surface area contributed by atoms with E-state index in [4.69, 9.17) is 0 Å². The van der Waals surface area contributed by atoms with Crippen LogP contribution in [0, 0.1) is 25.7 Å². The highest BCUT2D eigenvalue weighted by atomic mass is 79.9. The lowest BCUT2D eigenvalue weighted by molar-refractivity contribution is 0.503. The van der Waals surface area contributed by atoms with Crippen molar-refractivity contribution >= 4 is 15.9 Å². The maximum Gasteiger partial charge on any atom is 0.0181 e. The second-order valence-electron chi connectivity index (χ2n) is 7.26. The van der Waals surface area contributed by atoms with Gasteiger partial charge in [-0.1, -0.05) is 46.3 Å². The molecule has 0 spiro atoms. The molecule has 0 amide bonds. The van der Waals surface area contributed by atoms with Gasteiger partial charge >= 0.3 is 0 Å². The first-order chi connectivity index (χ1) is 10.6. The van der Waals surface area contributed by atoms with Crippen LogP contribution >= 0.6 is 15.9 Å². The first-order valence-corrected chi connectivity index (χ1v) is 9.02. The molecular formula is C21H19Br. The molecule has 3 aliphatic carbocycles. The van der Waals surface area contributed by atoms with Crippen LogP contribution < -0.4 is 0 Å². The monoisotopic (exact) mass is 350 g/mol. The molecule has 2 aromatic rings. The number of rotatable bonds is 0. The van der Waals surface area contributed by atoms with Crippen molar-refractivity contribution < 1.29 is 0 Å². The molecule has 5 rings (SSSR count). The molecule has 0 radical (unpaired) electrons. The van der Waals surface area contributed by atoms with Crippen molar-refractivity contribution in [3.63, 3.8) is 0 Å². The zero-order valence-corrected chi connectivity index (χ0v) is 14.5. The molecule has 3 aliphatic rings. The quantitative estimate of drug-likeness (QED) is 0.502. The largest absolute Gasteiger partial charge is 0.0845 e. The average Bonchev–Trinajstić information content (AvgIpc) is 3.10. The molecule has 2 bridgehead atoms. The van der Waals surface area contributed by atoms with Crippen molar-refractivity contribution in [3.8, 4) is 11.1 Å². The molecule has 0 saturated heterocycles. The maximum absolute atomic E-state index is 3.67. The molecule has 4 atom stereocenters. The van der Waals surface area contributed by atoms with Gasteiger partial charge in [-0.2, -0.15) is 0 Å². The summed E-state index contributed by atoms with van der Waals surface area (Å²) in [5.41, 5.74) is 8.93. The minimum Gasteiger partial charge on any atom is -0.0845 e. The Balaban J connectivity index is 1.86. The smallest absolute Gasteiger partial charge is 0.0181 e. The van der Waals surface area contributed by atoms with Gasteiger partial charge in [0, 0.05) is 4.47 Å². The van der Waals surface area contributed by atoms with Crippen LogP contribution in [0.25, 0.3) is 11.1 Å². The van der Waals surface area contributed by atoms with Crippen molar-refractivity contribution in [1.29, 1.82) is 0 Å². The number of benzene rings is 2. The van der Waals surface area contributed by atoms with E-state index in [1.807, 2.05) is 0 Å². The Labute approximate surface area is 140 Å². The van der Waals surface area contributed by atoms with Crippen molar-refractivity contribution in [1.82, 2.24) is 0 Å². The lowest BCUT2D eigenvalue weighted by Crippen LogP contribution is -2.21. The third-order valence-corrected chi connectivity index (χ3v) is 6.64. The Bertz CT molecular complexity index is 830. The third-order valence-electron chi connectivity index (χ3n) is 6.15. The molecule has 0 aromatic heterocycles. The lowest BCUT2D eigenvalue weighted by Gasteiger charge is -2.37. The number of hydrogen-bond acceptors (Lipinski definition) is 0. The zero-order chi connectivity index (χ0) is 15.0. The van der Waals surface area contributed by atoms with Crippen LogP contribution in [0.5, 0.6) is 0 Å². The molecule has 1 fully saturated rings. The van der Waals surface area contributed by atoms with E-state index in [-0.39, 0.29) is 0 Å². The predicted molar refractivity (Wildman–Crippen MR) is 95.3 cm³/mol. The van der Waals surface area contributed by atoms with Crippen LogP contribution in [-0.4, -0.2) is 0 Å². The first kappa shape index (κ1) is 13.1. The summed E-state index contributed by atoms with van der Waals surface area (Å²) in [4.78, 5) is 0. The lowest BCUT2D eigenvalue weighted by atomic mass is 9.67. The van der Waals surface area contributed by atoms with E-state index in [0.29, 0.717) is 11.8 Å². The van der Waals surface area contributed by atoms with Crippen LogP contribution in [-0.2, 0) is 0 Å². The highest BCUT2D eigenvalue weighted by Gasteiger charge is 2.49. The minimum atomic E-state index is 0.688. The molecule has 0 nitrogen and oxygen atoms in total. The summed E-state index contributed by atoms with van der Waals surface area (Å²) < 4.78 is 1.19. The van der Waals surface area contributed by atoms with Gasteiger partial charge in [-0.3, -0.25) is 0 Å². The second-order valence-corrected chi connectivity index (χ2v) is 8.17. The van der Waals surface area contributed by atoms with Crippen LogP contribution in [0.15, 0.2) is 47.0 Å². The first-order valence-electron chi connectivity index (χ1n) is 8.23. The van der Waals surface area contributed by atoms with Gasteiger partial charge in [0.25, 0.3) is 0 Å². The number of allylic oxidation sites excluding steroid dienone is 2. The molecular weight excluding hydrogens is 332 g/mol. The summed E-state index contributed by atoms with van der Waals surface area (Å²) in [6.45, 7) is 4.49. The standard InChI is InChI=1S/C21H19Br/c1-11-7-17-18-10-15(22)5-6-16(18)20-13-3-4-14(9-13)21(20)19(17)8-12(11)2/h3-8,10,13-14,20-21H,9H2,1-2H3/t13-,14+,20-,21+/m0/s1. The summed E-state index contributed by atoms with van der Waals surface area (Å²) >= 11 is 3.67. The van der Waals surface area contributed by atoms with E-state index in [1.54, 1.807) is 11.1 Å². The third kappa shape index (κ3) is 1.58. The maximum atomic E-state index is 3.67. The summed E-state index contributed by atoms with van der Waals surface area (Å²) in [5, 5.41) is 0. The molecule has 0 heterocycles. The Morgan fingerprint density at radius 2 is 1.45 bits per heavy atom. The van der Waals surface area contributed by atoms with Gasteiger partial charge in [0.1, 0.15) is 0 Å². The number of hydrogen-bond donors (Lipinski definition) is 0. The second kappa shape index (κ2) is 4.35. The van der Waals surface area contributed by atoms with E-state index < -0.39 is 0 Å². The fourth-order valence-corrected chi connectivity index (χ4v) is 5.43. The van der Waals surface area contributed by atoms with Gasteiger partial charge in [0.2, 0.25) is 0 Å². The molecule has 0 unspecified atom stereocenters. The van der Waals surface area contributed by atoms with Crippen molar-refractivity contribution in [2.45, 2.75) is 32.1 Å². The van der Waals surface area contributed by atoms with Gasteiger partial charge in [-0.25, -0.2) is 0 Å². The Hall–Kier alpha value is -1.34. The summed E-state index contributed by atoms with van der Waals surface area (Å²) in [6, 6.07) is 11.8. The van der Waals surface area contributed by atoms with E-state index in [0.717, 1.165) is 11.8 Å². The SMILES string of the molecule is Cc1cc2c(cc1C)[C@@H]1[C@H](c3ccc(Br)cc3-2)[C@H]2C=C[C@@H]1C2. The topological polar surface area (TPSA) is 0 Å². The van der Waals surface area contributed by atoms with E-state index >= 15 is 0 Å². The molecule has 1 heteroatoms. The van der Waals surface area contributed by atoms with Crippen molar-refractivity contribution in [3.05, 3.63) is 69.2 Å². The van der Waals surface area contributed by atoms with Gasteiger partial charge in [-0.05, 0) is 89.5 Å². The summed E-state index contributed by atoms with van der Waals surface area (Å²) in [6.07, 6.45) is 6.30. The van der Waals surface area contributed by atoms with Crippen molar-refractivity contribution in [2.75, 3.05) is 0 Å². The summed E-state index contributed by atoms with van der Waals surface area (Å²) in [5.74, 6) is 2.86. The van der Waals surface area contributed by atoms with Gasteiger partial charge in [0.05, 0.1) is 0 Å². The molecule has 0 aliphatic heterocycles. The van der Waals surface area contributed by atoms with E-state index in [2.05, 4.69) is 72.3 Å². The summed E-state index contributed by atoms with van der Waals surface area (Å²) in [7, 11) is 0. The highest BCUT2D eigenvalue weighted by Crippen LogP contribution is 2.62. The van der Waals surface area contributed by atoms with Gasteiger partial charge < -0.3 is 0 Å².